The zero-order chi connectivity index (χ0) is 22.0. The molecule has 160 valence electrons. The number of alkyl halides is 3. The van der Waals surface area contributed by atoms with E-state index < -0.39 is 18.4 Å². The van der Waals surface area contributed by atoms with E-state index in [0.717, 1.165) is 30.2 Å². The van der Waals surface area contributed by atoms with Crippen molar-refractivity contribution in [3.63, 3.8) is 0 Å². The molecule has 0 aliphatic carbocycles. The number of hydrogen-bond donors (Lipinski definition) is 2. The molecule has 0 spiro atoms. The smallest absolute Gasteiger partial charge is 0.389 e. The number of aliphatic hydroxyl groups excluding tert-OH is 1. The van der Waals surface area contributed by atoms with Crippen molar-refractivity contribution in [3.05, 3.63) is 36.4 Å². The maximum Gasteiger partial charge on any atom is 0.389 e. The number of halogens is 4. The molecule has 1 aliphatic rings. The number of anilines is 1. The fourth-order valence-electron chi connectivity index (χ4n) is 2.60. The fourth-order valence-corrected chi connectivity index (χ4v) is 2.60. The van der Waals surface area contributed by atoms with E-state index in [4.69, 9.17) is 20.8 Å². The summed E-state index contributed by atoms with van der Waals surface area (Å²) in [5.41, 5.74) is 5.02. The van der Waals surface area contributed by atoms with Crippen LogP contribution in [0.5, 0.6) is 0 Å². The van der Waals surface area contributed by atoms with Crippen LogP contribution in [0.15, 0.2) is 19.4 Å². The van der Waals surface area contributed by atoms with Crippen LogP contribution in [0, 0.1) is 17.1 Å². The fraction of sp³-hybridized carbons (Fsp3) is 0.500. The van der Waals surface area contributed by atoms with Gasteiger partial charge in [0.1, 0.15) is 17.1 Å². The van der Waals surface area contributed by atoms with Gasteiger partial charge in [0.2, 0.25) is 5.95 Å². The van der Waals surface area contributed by atoms with Gasteiger partial charge in [0.25, 0.3) is 0 Å². The predicted octanol–water partition coefficient (Wildman–Crippen LogP) is 3.17. The van der Waals surface area contributed by atoms with Crippen molar-refractivity contribution >= 4 is 11.5 Å². The highest BCUT2D eigenvalue weighted by Crippen LogP contribution is 2.26. The van der Waals surface area contributed by atoms with Crippen LogP contribution in [0.3, 0.4) is 0 Å². The standard InChI is InChI=1S/C11H9F4N5.C5H10O2.C2H4/c12-9-6(4-16)7(2-1-3-11(13,14)15)20-8(9)5-18-10(17)19-20;6-5-2-1-3-7-4-5;1-2/h5H,1-3H2,(H2,17,19);5-6H,1-4H2;1-2H2. The van der Waals surface area contributed by atoms with Crippen LogP contribution in [0.25, 0.3) is 5.52 Å². The first-order chi connectivity index (χ1) is 13.7. The number of aryl methyl sites for hydroxylation is 1. The maximum atomic E-state index is 13.9. The monoisotopic (exact) mass is 417 g/mol. The number of ether oxygens (including phenoxy) is 1. The first kappa shape index (κ1) is 24.3. The summed E-state index contributed by atoms with van der Waals surface area (Å²) in [6.07, 6.45) is -2.89. The van der Waals surface area contributed by atoms with E-state index in [1.54, 1.807) is 6.07 Å². The Kier molecular flexibility index (Phi) is 9.50. The molecule has 7 nitrogen and oxygen atoms in total. The third kappa shape index (κ3) is 7.32. The molecular formula is C18H23F4N5O2. The van der Waals surface area contributed by atoms with Crippen LogP contribution in [0.4, 0.5) is 23.5 Å². The molecule has 3 rings (SSSR count). The Balaban J connectivity index is 0.000000390. The van der Waals surface area contributed by atoms with Gasteiger partial charge in [0, 0.05) is 13.0 Å². The van der Waals surface area contributed by atoms with Gasteiger partial charge < -0.3 is 15.6 Å². The van der Waals surface area contributed by atoms with Crippen molar-refractivity contribution < 1.29 is 27.4 Å². The molecule has 1 aliphatic heterocycles. The summed E-state index contributed by atoms with van der Waals surface area (Å²) in [4.78, 5) is 3.59. The van der Waals surface area contributed by atoms with Crippen molar-refractivity contribution in [2.24, 2.45) is 0 Å². The molecule has 11 heteroatoms. The highest BCUT2D eigenvalue weighted by atomic mass is 19.4. The number of nitrogens with zero attached hydrogens (tertiary/aromatic N) is 4. The molecule has 1 unspecified atom stereocenters. The molecule has 0 bridgehead atoms. The minimum Gasteiger partial charge on any atom is -0.391 e. The maximum absolute atomic E-state index is 13.9. The van der Waals surface area contributed by atoms with Crippen LogP contribution < -0.4 is 5.73 Å². The van der Waals surface area contributed by atoms with Crippen LogP contribution in [-0.2, 0) is 11.2 Å². The number of fused-ring (bicyclic) bond motifs is 1. The summed E-state index contributed by atoms with van der Waals surface area (Å²) in [6, 6.07) is 1.63. The first-order valence-corrected chi connectivity index (χ1v) is 8.77. The largest absolute Gasteiger partial charge is 0.391 e. The number of nitriles is 1. The Bertz CT molecular complexity index is 826. The van der Waals surface area contributed by atoms with Gasteiger partial charge in [-0.05, 0) is 25.7 Å². The molecule has 3 heterocycles. The number of nitrogen functional groups attached to an aromatic ring is 1. The zero-order valence-electron chi connectivity index (χ0n) is 15.8. The molecular weight excluding hydrogens is 394 g/mol. The first-order valence-electron chi connectivity index (χ1n) is 8.77. The van der Waals surface area contributed by atoms with Gasteiger partial charge in [-0.15, -0.1) is 18.3 Å². The van der Waals surface area contributed by atoms with Gasteiger partial charge >= 0.3 is 6.18 Å². The van der Waals surface area contributed by atoms with Crippen LogP contribution >= 0.6 is 0 Å². The topological polar surface area (TPSA) is 109 Å². The quantitative estimate of drug-likeness (QED) is 0.586. The second-order valence-corrected chi connectivity index (χ2v) is 6.00. The number of rotatable bonds is 3. The van der Waals surface area contributed by atoms with Gasteiger partial charge in [-0.2, -0.15) is 18.4 Å². The minimum atomic E-state index is -4.30. The highest BCUT2D eigenvalue weighted by molar-refractivity contribution is 5.57. The molecule has 1 atom stereocenters. The van der Waals surface area contributed by atoms with Crippen molar-refractivity contribution in [2.75, 3.05) is 18.9 Å². The lowest BCUT2D eigenvalue weighted by Gasteiger charge is -2.15. The Morgan fingerprint density at radius 3 is 2.59 bits per heavy atom. The van der Waals surface area contributed by atoms with Crippen molar-refractivity contribution in [1.82, 2.24) is 14.6 Å². The number of nitrogens with two attached hydrogens (primary N) is 1. The molecule has 2 aromatic rings. The Labute approximate surface area is 165 Å². The summed E-state index contributed by atoms with van der Waals surface area (Å²) in [5, 5.41) is 21.4. The summed E-state index contributed by atoms with van der Waals surface area (Å²) in [6.45, 7) is 7.37. The molecule has 0 saturated carbocycles. The van der Waals surface area contributed by atoms with Gasteiger partial charge in [-0.3, -0.25) is 0 Å². The SMILES string of the molecule is C=C.N#Cc1c(F)c2cnc(N)nn2c1CCCC(F)(F)F.OC1CCCOC1. The van der Waals surface area contributed by atoms with Gasteiger partial charge in [-0.1, -0.05) is 0 Å². The van der Waals surface area contributed by atoms with E-state index in [1.807, 2.05) is 0 Å². The minimum absolute atomic E-state index is 0.0679. The van der Waals surface area contributed by atoms with E-state index in [9.17, 15) is 17.6 Å². The van der Waals surface area contributed by atoms with E-state index >= 15 is 0 Å². The Morgan fingerprint density at radius 1 is 1.41 bits per heavy atom. The summed E-state index contributed by atoms with van der Waals surface area (Å²) >= 11 is 0. The number of hydrogen-bond acceptors (Lipinski definition) is 6. The Hall–Kier alpha value is -2.71. The van der Waals surface area contributed by atoms with E-state index in [0.29, 0.717) is 6.61 Å². The predicted molar refractivity (Wildman–Crippen MR) is 98.4 cm³/mol. The number of aliphatic hydroxyl groups is 1. The van der Waals surface area contributed by atoms with E-state index in [2.05, 4.69) is 23.2 Å². The normalized spacial score (nSPS) is 16.2. The van der Waals surface area contributed by atoms with Gasteiger partial charge in [-0.25, -0.2) is 13.9 Å². The Morgan fingerprint density at radius 2 is 2.10 bits per heavy atom. The summed E-state index contributed by atoms with van der Waals surface area (Å²) in [7, 11) is 0. The molecule has 0 amide bonds. The van der Waals surface area contributed by atoms with E-state index in [1.165, 1.54) is 0 Å². The molecule has 29 heavy (non-hydrogen) atoms. The van der Waals surface area contributed by atoms with Crippen LogP contribution in [0.1, 0.15) is 36.9 Å². The lowest BCUT2D eigenvalue weighted by Crippen LogP contribution is -2.21. The van der Waals surface area contributed by atoms with Crippen LogP contribution in [-0.4, -0.2) is 45.2 Å². The molecule has 0 radical (unpaired) electrons. The van der Waals surface area contributed by atoms with Gasteiger partial charge in [0.15, 0.2) is 5.82 Å². The molecule has 3 N–H and O–H groups in total. The summed E-state index contributed by atoms with van der Waals surface area (Å²) < 4.78 is 56.3. The molecule has 1 saturated heterocycles. The lowest BCUT2D eigenvalue weighted by atomic mass is 10.1. The van der Waals surface area contributed by atoms with Crippen molar-refractivity contribution in [3.8, 4) is 6.07 Å². The van der Waals surface area contributed by atoms with E-state index in [-0.39, 0.29) is 41.7 Å². The summed E-state index contributed by atoms with van der Waals surface area (Å²) in [5.74, 6) is -1.01. The number of aromatic nitrogens is 3. The second-order valence-electron chi connectivity index (χ2n) is 6.00. The van der Waals surface area contributed by atoms with Gasteiger partial charge in [0.05, 0.1) is 24.6 Å². The molecule has 1 fully saturated rings. The van der Waals surface area contributed by atoms with Crippen LogP contribution in [0.2, 0.25) is 0 Å². The second kappa shape index (κ2) is 11.3. The molecule has 0 aromatic carbocycles. The third-order valence-corrected chi connectivity index (χ3v) is 3.86. The third-order valence-electron chi connectivity index (χ3n) is 3.86. The zero-order valence-corrected chi connectivity index (χ0v) is 15.8. The average molecular weight is 417 g/mol. The van der Waals surface area contributed by atoms with Crippen molar-refractivity contribution in [2.45, 2.75) is 44.4 Å². The van der Waals surface area contributed by atoms with Crippen molar-refractivity contribution in [1.29, 1.82) is 5.26 Å². The average Bonchev–Trinajstić information content (AvgIpc) is 2.94. The highest BCUT2D eigenvalue weighted by Gasteiger charge is 2.27. The lowest BCUT2D eigenvalue weighted by molar-refractivity contribution is -0.135. The molecule has 2 aromatic heterocycles.